The number of ketones is 2. The van der Waals surface area contributed by atoms with Gasteiger partial charge in [0.25, 0.3) is 17.5 Å². The number of carbonyl (C=O) groups excluding carboxylic acids is 4. The Labute approximate surface area is 506 Å². The van der Waals surface area contributed by atoms with Crippen LogP contribution in [0.4, 0.5) is 47.7 Å². The topological polar surface area (TPSA) is 303 Å². The molecule has 3 aromatic carbocycles. The Morgan fingerprint density at radius 3 is 1.19 bits per heavy atom. The van der Waals surface area contributed by atoms with E-state index in [0.717, 1.165) is 51.9 Å². The number of esters is 1. The fourth-order valence-electron chi connectivity index (χ4n) is 9.42. The smallest absolute Gasteiger partial charge is 0.379 e. The van der Waals surface area contributed by atoms with Gasteiger partial charge in [0.2, 0.25) is 0 Å². The second kappa shape index (κ2) is 26.4. The van der Waals surface area contributed by atoms with Gasteiger partial charge in [-0.3, -0.25) is 14.4 Å². The molecule has 0 unspecified atom stereocenters. The summed E-state index contributed by atoms with van der Waals surface area (Å²) in [5, 5.41) is 11.8. The number of fused-ring (bicyclic) bond motifs is 3. The Morgan fingerprint density at radius 2 is 0.820 bits per heavy atom. The van der Waals surface area contributed by atoms with Crippen molar-refractivity contribution in [1.82, 2.24) is 59.8 Å². The van der Waals surface area contributed by atoms with Gasteiger partial charge in [-0.1, -0.05) is 41.5 Å². The second-order valence-electron chi connectivity index (χ2n) is 21.0. The van der Waals surface area contributed by atoms with Crippen molar-refractivity contribution in [1.29, 1.82) is 0 Å². The largest absolute Gasteiger partial charge is 0.463 e. The van der Waals surface area contributed by atoms with Gasteiger partial charge in [0.15, 0.2) is 17.5 Å². The van der Waals surface area contributed by atoms with E-state index in [-0.39, 0.29) is 46.3 Å². The number of anilines is 6. The van der Waals surface area contributed by atoms with Crippen LogP contribution in [0.2, 0.25) is 0 Å². The molecule has 9 heterocycles. The van der Waals surface area contributed by atoms with Gasteiger partial charge >= 0.3 is 5.97 Å². The minimum absolute atomic E-state index is 0.0968. The zero-order chi connectivity index (χ0) is 63.0. The van der Waals surface area contributed by atoms with Crippen LogP contribution in [0.15, 0.2) is 153 Å². The van der Waals surface area contributed by atoms with Crippen LogP contribution in [0.25, 0.3) is 67.3 Å². The van der Waals surface area contributed by atoms with Gasteiger partial charge in [-0.15, -0.1) is 0 Å². The number of primary amides is 1. The van der Waals surface area contributed by atoms with Gasteiger partial charge < -0.3 is 41.4 Å². The molecule has 0 aliphatic carbocycles. The average Bonchev–Trinajstić information content (AvgIpc) is 1.99. The predicted octanol–water partition coefficient (Wildman–Crippen LogP) is 13.1. The van der Waals surface area contributed by atoms with E-state index < -0.39 is 23.4 Å². The summed E-state index contributed by atoms with van der Waals surface area (Å²) in [4.78, 5) is 97.0. The van der Waals surface area contributed by atoms with E-state index in [9.17, 15) is 32.3 Å². The van der Waals surface area contributed by atoms with Crippen molar-refractivity contribution in [3.8, 4) is 34.2 Å². The third-order valence-corrected chi connectivity index (χ3v) is 14.1. The van der Waals surface area contributed by atoms with Crippen molar-refractivity contribution in [2.45, 2.75) is 59.3 Å². The highest BCUT2D eigenvalue weighted by Gasteiger charge is 2.25. The number of H-pyrrole nitrogens is 3. The fourth-order valence-corrected chi connectivity index (χ4v) is 9.42. The number of carbonyl (C=O) groups is 4. The monoisotopic (exact) mass is 1200 g/mol. The number of pyridine rings is 3. The average molecular weight is 1200 g/mol. The van der Waals surface area contributed by atoms with E-state index in [1.54, 1.807) is 79.5 Å². The Kier molecular flexibility index (Phi) is 17.9. The van der Waals surface area contributed by atoms with Gasteiger partial charge in [0.1, 0.15) is 51.8 Å². The van der Waals surface area contributed by atoms with Crippen LogP contribution >= 0.6 is 0 Å². The van der Waals surface area contributed by atoms with Crippen molar-refractivity contribution < 1.29 is 37.1 Å². The van der Waals surface area contributed by atoms with E-state index in [4.69, 9.17) is 10.7 Å². The van der Waals surface area contributed by atoms with Gasteiger partial charge in [-0.05, 0) is 115 Å². The molecule has 8 N–H and O–H groups in total. The molecule has 12 rings (SSSR count). The summed E-state index contributed by atoms with van der Waals surface area (Å²) in [6.45, 7) is 12.2. The number of nitrogens with two attached hydrogens (primary N) is 1. The van der Waals surface area contributed by atoms with Crippen LogP contribution in [-0.2, 0) is 14.3 Å². The summed E-state index contributed by atoms with van der Waals surface area (Å²) in [5.41, 5.74) is 13.9. The number of methoxy groups -OCH3 is 1. The van der Waals surface area contributed by atoms with Gasteiger partial charge in [-0.25, -0.2) is 62.8 Å². The Balaban J connectivity index is 0.000000148. The SMILES string of the molecule is CC(C)c1cnc(-c2ccc(F)cc2)nc1Nc1ccnc2[nH]cc(C(=O)C(N)=O)c12.CC(C)c1cnc(-c2ccc(F)cc2)nc1Nc1ccnc2[nH]ccc12.COC(=O)C(=O)c1c[nH]c2nccc(Nc3nc(-c4ccc(F)cc4)ncc3C(C)C)c12. The van der Waals surface area contributed by atoms with Crippen LogP contribution in [0.3, 0.4) is 0 Å². The van der Waals surface area contributed by atoms with Gasteiger partial charge in [-0.2, -0.15) is 0 Å². The second-order valence-corrected chi connectivity index (χ2v) is 21.0. The summed E-state index contributed by atoms with van der Waals surface area (Å²) in [6, 6.07) is 25.2. The Morgan fingerprint density at radius 1 is 0.461 bits per heavy atom. The zero-order valence-corrected chi connectivity index (χ0v) is 48.9. The molecule has 0 aliphatic heterocycles. The number of ether oxygens (including phenoxy) is 1. The molecule has 0 aliphatic rings. The maximum Gasteiger partial charge on any atom is 0.379 e. The number of aromatic amines is 3. The molecule has 0 saturated carbocycles. The molecule has 9 aromatic heterocycles. The molecular formula is C65H57F3N16O5. The highest BCUT2D eigenvalue weighted by molar-refractivity contribution is 6.45. The first-order valence-corrected chi connectivity index (χ1v) is 27.9. The lowest BCUT2D eigenvalue weighted by Gasteiger charge is -2.15. The lowest BCUT2D eigenvalue weighted by Crippen LogP contribution is -2.22. The maximum absolute atomic E-state index is 13.3. The maximum atomic E-state index is 13.3. The van der Waals surface area contributed by atoms with E-state index in [0.29, 0.717) is 73.7 Å². The van der Waals surface area contributed by atoms with Crippen molar-refractivity contribution in [2.24, 2.45) is 5.73 Å². The summed E-state index contributed by atoms with van der Waals surface area (Å²) >= 11 is 0. The number of benzene rings is 3. The first kappa shape index (κ1) is 60.6. The summed E-state index contributed by atoms with van der Waals surface area (Å²) in [5.74, 6) is -0.978. The summed E-state index contributed by atoms with van der Waals surface area (Å²) in [6.07, 6.45) is 14.8. The minimum atomic E-state index is -1.06. The number of amides is 1. The third-order valence-electron chi connectivity index (χ3n) is 14.1. The summed E-state index contributed by atoms with van der Waals surface area (Å²) < 4.78 is 44.4. The Bertz CT molecular complexity index is 4590. The molecule has 0 radical (unpaired) electrons. The molecule has 89 heavy (non-hydrogen) atoms. The molecule has 12 aromatic rings. The summed E-state index contributed by atoms with van der Waals surface area (Å²) in [7, 11) is 1.15. The van der Waals surface area contributed by atoms with Crippen molar-refractivity contribution in [3.63, 3.8) is 0 Å². The normalized spacial score (nSPS) is 11.1. The van der Waals surface area contributed by atoms with E-state index in [1.807, 2.05) is 52.2 Å². The number of nitrogens with zero attached hydrogens (tertiary/aromatic N) is 9. The quantitative estimate of drug-likeness (QED) is 0.0269. The van der Waals surface area contributed by atoms with Crippen molar-refractivity contribution in [3.05, 3.63) is 198 Å². The number of hydrogen-bond donors (Lipinski definition) is 7. The number of rotatable bonds is 16. The van der Waals surface area contributed by atoms with Crippen LogP contribution < -0.4 is 21.7 Å². The molecule has 21 nitrogen and oxygen atoms in total. The zero-order valence-electron chi connectivity index (χ0n) is 48.9. The van der Waals surface area contributed by atoms with Crippen LogP contribution in [0.1, 0.15) is 96.7 Å². The predicted molar refractivity (Wildman–Crippen MR) is 333 cm³/mol. The van der Waals surface area contributed by atoms with Crippen molar-refractivity contribution >= 4 is 91.1 Å². The van der Waals surface area contributed by atoms with Crippen molar-refractivity contribution in [2.75, 3.05) is 23.1 Å². The highest BCUT2D eigenvalue weighted by atomic mass is 19.1. The molecule has 0 spiro atoms. The minimum Gasteiger partial charge on any atom is -0.463 e. The number of aromatic nitrogens is 12. The molecule has 448 valence electrons. The van der Waals surface area contributed by atoms with Crippen LogP contribution in [0, 0.1) is 17.5 Å². The molecule has 0 fully saturated rings. The third kappa shape index (κ3) is 13.5. The fraction of sp³-hybridized carbons (Fsp3) is 0.154. The number of nitrogens with one attached hydrogen (secondary N) is 6. The lowest BCUT2D eigenvalue weighted by molar-refractivity contribution is -0.135. The molecule has 1 amide bonds. The van der Waals surface area contributed by atoms with Crippen LogP contribution in [-0.4, -0.2) is 90.4 Å². The van der Waals surface area contributed by atoms with Gasteiger partial charge in [0, 0.05) is 94.5 Å². The Hall–Kier alpha value is -11.6. The lowest BCUT2D eigenvalue weighted by atomic mass is 10.0. The number of hydrogen-bond acceptors (Lipinski definition) is 17. The molecule has 0 atom stereocenters. The number of halogens is 3. The standard InChI is InChI=1S/C23H20FN5O3.C22H19FN6O2.C20H18FN5/c1-12(2)15-10-26-20(13-4-6-14(24)7-5-13)29-21(15)28-17-8-9-25-22-18(17)16(11-27-22)19(30)23(31)32-3;1-11(2)14-9-26-20(12-3-5-13(23)6-4-12)29-21(14)28-16-7-8-25-22-17(16)15(10-27-22)18(30)19(24)31;1-12(2)16-11-24-18(13-3-5-14(21)6-4-13)26-20(16)25-17-8-10-23-19-15(17)7-9-22-19/h4-12H,1-3H3,(H2,25,26,27,28,29);3-11H,1-2H3,(H2,24,31)(H2,25,26,27,28,29);3-12H,1-2H3,(H2,22,23,24,25,26). The first-order chi connectivity index (χ1) is 42.8. The van der Waals surface area contributed by atoms with Crippen LogP contribution in [0.5, 0.6) is 0 Å². The van der Waals surface area contributed by atoms with E-state index in [1.165, 1.54) is 48.8 Å². The molecule has 0 bridgehead atoms. The molecular weight excluding hydrogens is 1140 g/mol. The highest BCUT2D eigenvalue weighted by Crippen LogP contribution is 2.36. The molecule has 0 saturated heterocycles. The molecule has 24 heteroatoms. The van der Waals surface area contributed by atoms with E-state index in [2.05, 4.69) is 89.4 Å². The first-order valence-electron chi connectivity index (χ1n) is 27.9. The van der Waals surface area contributed by atoms with E-state index >= 15 is 0 Å². The van der Waals surface area contributed by atoms with Gasteiger partial charge in [0.05, 0.1) is 46.1 Å². The number of Topliss-reactive ketones (excluding diaryl/α,β-unsaturated/α-hetero) is 2.